The summed E-state index contributed by atoms with van der Waals surface area (Å²) < 4.78 is 13.0. The molecule has 0 saturated carbocycles. The molecule has 0 spiro atoms. The van der Waals surface area contributed by atoms with Crippen molar-refractivity contribution in [3.8, 4) is 5.75 Å². The Morgan fingerprint density at radius 1 is 0.850 bits per heavy atom. The lowest BCUT2D eigenvalue weighted by Gasteiger charge is -2.08. The maximum absolute atomic E-state index is 13.4. The van der Waals surface area contributed by atoms with Crippen LogP contribution in [0, 0.1) is 5.92 Å². The van der Waals surface area contributed by atoms with Crippen LogP contribution >= 0.6 is 0 Å². The number of fused-ring (bicyclic) bond motifs is 1. The van der Waals surface area contributed by atoms with Crippen LogP contribution in [0.3, 0.4) is 0 Å². The molecule has 0 aliphatic carbocycles. The second kappa shape index (κ2) is 14.5. The molecular formula is C35H41NO4. The van der Waals surface area contributed by atoms with Crippen LogP contribution in [0.5, 0.6) is 5.75 Å². The molecule has 0 atom stereocenters. The Balaban J connectivity index is 1.28. The summed E-state index contributed by atoms with van der Waals surface area (Å²) in [6.45, 7) is 7.35. The van der Waals surface area contributed by atoms with Crippen LogP contribution in [0.15, 0.2) is 79.0 Å². The molecule has 0 amide bonds. The number of nitrogens with zero attached hydrogens (tertiary/aromatic N) is 1. The van der Waals surface area contributed by atoms with Gasteiger partial charge in [-0.2, -0.15) is 0 Å². The number of unbranched alkanes of at least 4 members (excludes halogenated alkanes) is 1. The Kier molecular flexibility index (Phi) is 10.6. The van der Waals surface area contributed by atoms with Gasteiger partial charge in [-0.3, -0.25) is 9.59 Å². The van der Waals surface area contributed by atoms with Crippen molar-refractivity contribution < 1.29 is 19.1 Å². The fourth-order valence-corrected chi connectivity index (χ4v) is 5.04. The van der Waals surface area contributed by atoms with Crippen molar-refractivity contribution in [2.24, 2.45) is 5.92 Å². The zero-order chi connectivity index (χ0) is 28.3. The number of aryl methyl sites for hydroxylation is 2. The van der Waals surface area contributed by atoms with Crippen LogP contribution in [-0.2, 0) is 28.8 Å². The zero-order valence-electron chi connectivity index (χ0n) is 24.0. The highest BCUT2D eigenvalue weighted by Crippen LogP contribution is 2.23. The number of carbonyl (C=O) groups is 2. The highest BCUT2D eigenvalue weighted by molar-refractivity contribution is 6.13. The van der Waals surface area contributed by atoms with E-state index in [0.717, 1.165) is 42.6 Å². The summed E-state index contributed by atoms with van der Waals surface area (Å²) in [5.74, 6) is 1.24. The smallest absolute Gasteiger partial charge is 0.305 e. The summed E-state index contributed by atoms with van der Waals surface area (Å²) in [4.78, 5) is 25.2. The molecule has 4 aromatic rings. The van der Waals surface area contributed by atoms with E-state index in [-0.39, 0.29) is 11.8 Å². The van der Waals surface area contributed by atoms with Gasteiger partial charge in [-0.1, -0.05) is 44.2 Å². The van der Waals surface area contributed by atoms with Gasteiger partial charge in [0.1, 0.15) is 5.75 Å². The monoisotopic (exact) mass is 539 g/mol. The second-order valence-electron chi connectivity index (χ2n) is 10.7. The molecule has 0 radical (unpaired) electrons. The summed E-state index contributed by atoms with van der Waals surface area (Å²) in [6, 6.07) is 24.2. The second-order valence-corrected chi connectivity index (χ2v) is 10.7. The van der Waals surface area contributed by atoms with Crippen LogP contribution in [0.1, 0.15) is 79.2 Å². The van der Waals surface area contributed by atoms with Crippen molar-refractivity contribution in [1.29, 1.82) is 0 Å². The van der Waals surface area contributed by atoms with E-state index in [1.54, 1.807) is 0 Å². The highest BCUT2D eigenvalue weighted by Gasteiger charge is 2.17. The average molecular weight is 540 g/mol. The molecule has 40 heavy (non-hydrogen) atoms. The van der Waals surface area contributed by atoms with Crippen LogP contribution in [0.2, 0.25) is 0 Å². The number of rotatable bonds is 15. The fourth-order valence-electron chi connectivity index (χ4n) is 5.04. The number of aromatic nitrogens is 1. The van der Waals surface area contributed by atoms with Gasteiger partial charge in [0, 0.05) is 29.4 Å². The number of ether oxygens (including phenoxy) is 2. The average Bonchev–Trinajstić information content (AvgIpc) is 3.32. The molecule has 0 bridgehead atoms. The SMILES string of the molecule is CCOC(=O)CCCc1cc(C(=O)c2ccc(OCCCCc3ccc(CC(C)C)cc3)cc2)c2ccccn12. The number of benzene rings is 2. The number of hydrogen-bond acceptors (Lipinski definition) is 4. The lowest BCUT2D eigenvalue weighted by Crippen LogP contribution is -2.04. The molecule has 2 aromatic carbocycles. The highest BCUT2D eigenvalue weighted by atomic mass is 16.5. The zero-order valence-corrected chi connectivity index (χ0v) is 24.0. The first-order valence-electron chi connectivity index (χ1n) is 14.5. The number of carbonyl (C=O) groups excluding carboxylic acids is 2. The van der Waals surface area contributed by atoms with Gasteiger partial charge in [0.2, 0.25) is 0 Å². The number of ketones is 1. The first-order chi connectivity index (χ1) is 19.4. The summed E-state index contributed by atoms with van der Waals surface area (Å²) >= 11 is 0. The predicted octanol–water partition coefficient (Wildman–Crippen LogP) is 7.66. The Labute approximate surface area is 238 Å². The minimum atomic E-state index is -0.186. The molecule has 5 heteroatoms. The molecule has 5 nitrogen and oxygen atoms in total. The molecule has 2 heterocycles. The molecule has 0 unspecified atom stereocenters. The van der Waals surface area contributed by atoms with Gasteiger partial charge in [0.05, 0.1) is 18.7 Å². The van der Waals surface area contributed by atoms with Crippen molar-refractivity contribution in [3.63, 3.8) is 0 Å². The molecule has 0 saturated heterocycles. The number of hydrogen-bond donors (Lipinski definition) is 0. The van der Waals surface area contributed by atoms with E-state index in [0.29, 0.717) is 49.5 Å². The van der Waals surface area contributed by atoms with E-state index in [4.69, 9.17) is 9.47 Å². The van der Waals surface area contributed by atoms with Crippen LogP contribution < -0.4 is 4.74 Å². The topological polar surface area (TPSA) is 57.0 Å². The molecule has 4 rings (SSSR count). The third-order valence-corrected chi connectivity index (χ3v) is 7.03. The van der Waals surface area contributed by atoms with Crippen LogP contribution in [0.25, 0.3) is 5.52 Å². The van der Waals surface area contributed by atoms with Crippen molar-refractivity contribution in [1.82, 2.24) is 4.40 Å². The summed E-state index contributed by atoms with van der Waals surface area (Å²) in [6.07, 6.45) is 7.91. The third-order valence-electron chi connectivity index (χ3n) is 7.03. The van der Waals surface area contributed by atoms with E-state index in [1.165, 1.54) is 11.1 Å². The predicted molar refractivity (Wildman–Crippen MR) is 160 cm³/mol. The van der Waals surface area contributed by atoms with Crippen molar-refractivity contribution >= 4 is 17.3 Å². The Hall–Kier alpha value is -3.86. The van der Waals surface area contributed by atoms with Gasteiger partial charge < -0.3 is 13.9 Å². The number of pyridine rings is 1. The minimum absolute atomic E-state index is 0.0219. The van der Waals surface area contributed by atoms with E-state index in [1.807, 2.05) is 66.1 Å². The van der Waals surface area contributed by atoms with E-state index in [2.05, 4.69) is 38.1 Å². The summed E-state index contributed by atoms with van der Waals surface area (Å²) in [5, 5.41) is 0. The van der Waals surface area contributed by atoms with E-state index < -0.39 is 0 Å². The molecular weight excluding hydrogens is 498 g/mol. The maximum Gasteiger partial charge on any atom is 0.305 e. The minimum Gasteiger partial charge on any atom is -0.494 e. The number of esters is 1. The van der Waals surface area contributed by atoms with Gasteiger partial charge in [0.15, 0.2) is 5.78 Å². The lowest BCUT2D eigenvalue weighted by atomic mass is 10.0. The van der Waals surface area contributed by atoms with Crippen molar-refractivity contribution in [2.45, 2.75) is 65.7 Å². The quantitative estimate of drug-likeness (QED) is 0.0884. The maximum atomic E-state index is 13.4. The first-order valence-corrected chi connectivity index (χ1v) is 14.5. The van der Waals surface area contributed by atoms with E-state index >= 15 is 0 Å². The van der Waals surface area contributed by atoms with Gasteiger partial charge in [0.25, 0.3) is 0 Å². The fraction of sp³-hybridized carbons (Fsp3) is 0.371. The van der Waals surface area contributed by atoms with Crippen LogP contribution in [-0.4, -0.2) is 29.4 Å². The van der Waals surface area contributed by atoms with E-state index in [9.17, 15) is 9.59 Å². The molecule has 2 aromatic heterocycles. The normalized spacial score (nSPS) is 11.2. The van der Waals surface area contributed by atoms with Crippen molar-refractivity contribution in [3.05, 3.63) is 107 Å². The third kappa shape index (κ3) is 8.08. The molecule has 0 aliphatic rings. The largest absolute Gasteiger partial charge is 0.494 e. The van der Waals surface area contributed by atoms with Gasteiger partial charge in [-0.05, 0) is 105 Å². The van der Waals surface area contributed by atoms with Crippen molar-refractivity contribution in [2.75, 3.05) is 13.2 Å². The van der Waals surface area contributed by atoms with Gasteiger partial charge >= 0.3 is 5.97 Å². The molecule has 0 aliphatic heterocycles. The standard InChI is InChI=1S/C35H41NO4/c1-4-39-34(37)13-9-11-30-25-32(33-12-5-7-22-36(30)33)35(38)29-18-20-31(21-19-29)40-23-8-6-10-27-14-16-28(17-15-27)24-26(2)3/h5,7,12,14-22,25-26H,4,6,8-11,13,23-24H2,1-3H3. The first kappa shape index (κ1) is 29.1. The molecule has 0 fully saturated rings. The lowest BCUT2D eigenvalue weighted by molar-refractivity contribution is -0.143. The summed E-state index contributed by atoms with van der Waals surface area (Å²) in [7, 11) is 0. The Bertz CT molecular complexity index is 1380. The van der Waals surface area contributed by atoms with Gasteiger partial charge in [-0.15, -0.1) is 0 Å². The van der Waals surface area contributed by atoms with Gasteiger partial charge in [-0.25, -0.2) is 0 Å². The molecule has 0 N–H and O–H groups in total. The Morgan fingerprint density at radius 2 is 1.60 bits per heavy atom. The van der Waals surface area contributed by atoms with Crippen LogP contribution in [0.4, 0.5) is 0 Å². The summed E-state index contributed by atoms with van der Waals surface area (Å²) in [5.41, 5.74) is 5.94. The molecule has 210 valence electrons. The Morgan fingerprint density at radius 3 is 2.33 bits per heavy atom.